The van der Waals surface area contributed by atoms with E-state index in [1.54, 1.807) is 11.3 Å². The maximum absolute atomic E-state index is 15.0. The number of ether oxygens (including phenoxy) is 1. The molecule has 60 heavy (non-hydrogen) atoms. The van der Waals surface area contributed by atoms with E-state index in [4.69, 9.17) is 23.0 Å². The highest BCUT2D eigenvalue weighted by Crippen LogP contribution is 2.44. The van der Waals surface area contributed by atoms with Crippen LogP contribution in [0.4, 0.5) is 0 Å². The minimum absolute atomic E-state index is 0.00566. The lowest BCUT2D eigenvalue weighted by Crippen LogP contribution is -2.54. The molecule has 0 aliphatic rings. The summed E-state index contributed by atoms with van der Waals surface area (Å²) in [6.07, 6.45) is 9.49. The molecule has 0 amide bonds. The predicted molar refractivity (Wildman–Crippen MR) is 266 cm³/mol. The van der Waals surface area contributed by atoms with Crippen molar-refractivity contribution in [2.45, 2.75) is 229 Å². The number of hydrogen-bond acceptors (Lipinski definition) is 8. The van der Waals surface area contributed by atoms with Gasteiger partial charge in [0.05, 0.1) is 35.4 Å². The zero-order valence-electron chi connectivity index (χ0n) is 43.2. The number of esters is 1. The molecule has 0 aromatic carbocycles. The Morgan fingerprint density at radius 3 is 1.70 bits per heavy atom. The van der Waals surface area contributed by atoms with Crippen molar-refractivity contribution in [3.8, 4) is 0 Å². The monoisotopic (exact) mass is 906 g/mol. The largest absolute Gasteiger partial charge is 0.460 e. The quantitative estimate of drug-likeness (QED) is 0.0732. The normalized spacial score (nSPS) is 17.4. The number of carbonyl (C=O) groups is 2. The molecule has 0 fully saturated rings. The second kappa shape index (κ2) is 21.0. The fourth-order valence-corrected chi connectivity index (χ4v) is 11.0. The molecule has 0 N–H and O–H groups in total. The number of allylic oxidation sites excluding steroid dienone is 2. The van der Waals surface area contributed by atoms with Crippen molar-refractivity contribution in [2.24, 2.45) is 17.3 Å². The summed E-state index contributed by atoms with van der Waals surface area (Å²) < 4.78 is 27.0. The Hall–Kier alpha value is -1.48. The molecule has 1 heterocycles. The first-order valence-corrected chi connectivity index (χ1v) is 32.0. The van der Waals surface area contributed by atoms with Gasteiger partial charge in [-0.25, -0.2) is 4.98 Å². The van der Waals surface area contributed by atoms with Crippen LogP contribution in [0.1, 0.15) is 155 Å². The minimum atomic E-state index is -2.39. The van der Waals surface area contributed by atoms with E-state index in [0.717, 1.165) is 23.5 Å². The Balaban J connectivity index is 3.56. The highest BCUT2D eigenvalue weighted by molar-refractivity contribution is 7.09. The fraction of sp³-hybridized carbons (Fsp3) is 0.776. The first-order chi connectivity index (χ1) is 26.6. The van der Waals surface area contributed by atoms with E-state index in [2.05, 4.69) is 152 Å². The molecule has 11 heteroatoms. The van der Waals surface area contributed by atoms with Gasteiger partial charge in [-0.15, -0.1) is 11.3 Å². The zero-order valence-corrected chi connectivity index (χ0v) is 47.0. The molecule has 1 rings (SSSR count). The summed E-state index contributed by atoms with van der Waals surface area (Å²) >= 11 is 1.67. The first kappa shape index (κ1) is 56.5. The lowest BCUT2D eigenvalue weighted by atomic mass is 9.73. The smallest absolute Gasteiger partial charge is 0.308 e. The second-order valence-corrected chi connectivity index (χ2v) is 39.0. The van der Waals surface area contributed by atoms with Gasteiger partial charge in [0.15, 0.2) is 25.0 Å². The van der Waals surface area contributed by atoms with Gasteiger partial charge >= 0.3 is 5.97 Å². The average molecular weight is 907 g/mol. The van der Waals surface area contributed by atoms with Crippen LogP contribution < -0.4 is 0 Å². The fourth-order valence-electron chi connectivity index (χ4n) is 6.19. The third-order valence-corrected chi connectivity index (χ3v) is 27.7. The van der Waals surface area contributed by atoms with Crippen molar-refractivity contribution < 1.29 is 27.6 Å². The highest BCUT2D eigenvalue weighted by Gasteiger charge is 2.50. The number of aromatic nitrogens is 1. The standard InChI is InChI=1S/C49H91NO6SSi3/c1-34(29-30-40(54-58(20,21)46(9,10)11)36(3)31-39-33-57-38(5)50-39)27-26-28-35(2)43(56-60(24,25)48(15,16)17)37(4)44(52)49(18,19)41(32-42(51)53-45(6,7)8)55-59(22,23)47(12,13)14/h26,28-29,31,33,35,37,40-41,43H,27,30,32H2,1-25H3/b28-26-,34-29-,36-31+/t35-,37+,40-,41-,43-/m0/s1. The van der Waals surface area contributed by atoms with Gasteiger partial charge in [-0.3, -0.25) is 9.59 Å². The van der Waals surface area contributed by atoms with E-state index in [-0.39, 0.29) is 51.4 Å². The van der Waals surface area contributed by atoms with Gasteiger partial charge in [0.2, 0.25) is 0 Å². The van der Waals surface area contributed by atoms with Crippen LogP contribution >= 0.6 is 11.3 Å². The molecule has 0 unspecified atom stereocenters. The molecule has 0 spiro atoms. The van der Waals surface area contributed by atoms with Crippen molar-refractivity contribution >= 4 is 54.1 Å². The molecular weight excluding hydrogens is 815 g/mol. The molecule has 346 valence electrons. The zero-order chi connectivity index (χ0) is 47.3. The van der Waals surface area contributed by atoms with E-state index in [1.165, 1.54) is 11.1 Å². The van der Waals surface area contributed by atoms with Crippen LogP contribution in [0.3, 0.4) is 0 Å². The Morgan fingerprint density at radius 1 is 0.767 bits per heavy atom. The summed E-state index contributed by atoms with van der Waals surface area (Å²) in [6, 6.07) is 0. The van der Waals surface area contributed by atoms with Crippen LogP contribution in [0, 0.1) is 24.2 Å². The molecule has 0 saturated heterocycles. The van der Waals surface area contributed by atoms with E-state index in [1.807, 2.05) is 48.5 Å². The first-order valence-electron chi connectivity index (χ1n) is 22.4. The summed E-state index contributed by atoms with van der Waals surface area (Å²) in [6.45, 7) is 53.7. The van der Waals surface area contributed by atoms with Crippen molar-refractivity contribution in [1.29, 1.82) is 0 Å². The molecule has 0 radical (unpaired) electrons. The van der Waals surface area contributed by atoms with Crippen LogP contribution in [-0.2, 0) is 27.6 Å². The number of Topliss-reactive ketones (excluding diaryl/α,β-unsaturated/α-hetero) is 1. The van der Waals surface area contributed by atoms with Crippen LogP contribution in [0.2, 0.25) is 54.4 Å². The number of nitrogens with zero attached hydrogens (tertiary/aromatic N) is 1. The molecular formula is C49H91NO6SSi3. The third-order valence-electron chi connectivity index (χ3n) is 13.4. The van der Waals surface area contributed by atoms with Crippen molar-refractivity contribution in [1.82, 2.24) is 4.98 Å². The highest BCUT2D eigenvalue weighted by atomic mass is 32.1. The van der Waals surface area contributed by atoms with Crippen molar-refractivity contribution in [3.63, 3.8) is 0 Å². The molecule has 5 atom stereocenters. The Bertz CT molecular complexity index is 1660. The van der Waals surface area contributed by atoms with Crippen LogP contribution in [-0.4, -0.2) is 65.6 Å². The van der Waals surface area contributed by atoms with E-state index < -0.39 is 48.0 Å². The topological polar surface area (TPSA) is 84.0 Å². The molecule has 0 aliphatic heterocycles. The summed E-state index contributed by atoms with van der Waals surface area (Å²) in [5.41, 5.74) is 1.81. The van der Waals surface area contributed by atoms with Crippen LogP contribution in [0.15, 0.2) is 34.8 Å². The van der Waals surface area contributed by atoms with Gasteiger partial charge in [-0.05, 0) is 126 Å². The minimum Gasteiger partial charge on any atom is -0.460 e. The summed E-state index contributed by atoms with van der Waals surface area (Å²) in [5.74, 6) is -0.821. The lowest BCUT2D eigenvalue weighted by Gasteiger charge is -2.46. The number of thiazole rings is 1. The number of carbonyl (C=O) groups excluding carboxylic acids is 2. The number of rotatable bonds is 20. The number of hydrogen-bond donors (Lipinski definition) is 0. The maximum Gasteiger partial charge on any atom is 0.308 e. The molecule has 1 aromatic heterocycles. The van der Waals surface area contributed by atoms with Crippen LogP contribution in [0.25, 0.3) is 6.08 Å². The summed E-state index contributed by atoms with van der Waals surface area (Å²) in [5, 5.41) is 3.10. The second-order valence-electron chi connectivity index (χ2n) is 23.7. The molecule has 0 saturated carbocycles. The van der Waals surface area contributed by atoms with Gasteiger partial charge < -0.3 is 18.0 Å². The van der Waals surface area contributed by atoms with E-state index >= 15 is 4.79 Å². The van der Waals surface area contributed by atoms with Gasteiger partial charge in [0, 0.05) is 16.7 Å². The Morgan fingerprint density at radius 2 is 1.25 bits per heavy atom. The van der Waals surface area contributed by atoms with E-state index in [9.17, 15) is 4.79 Å². The Labute approximate surface area is 376 Å². The molecule has 1 aromatic rings. The molecule has 7 nitrogen and oxygen atoms in total. The van der Waals surface area contributed by atoms with Crippen molar-refractivity contribution in [2.75, 3.05) is 0 Å². The van der Waals surface area contributed by atoms with Crippen molar-refractivity contribution in [3.05, 3.63) is 45.5 Å². The Kier molecular flexibility index (Phi) is 19.8. The third kappa shape index (κ3) is 16.9. The maximum atomic E-state index is 15.0. The number of aryl methyl sites for hydroxylation is 1. The summed E-state index contributed by atoms with van der Waals surface area (Å²) in [4.78, 5) is 33.1. The van der Waals surface area contributed by atoms with Gasteiger partial charge in [-0.2, -0.15) is 0 Å². The van der Waals surface area contributed by atoms with Gasteiger partial charge in [-0.1, -0.05) is 114 Å². The SMILES string of the molecule is C/C(=C/C[C@H](O[Si](C)(C)C(C)(C)C)/C(C)=C/c1csc(C)n1)C/C=C\[C@H](C)[C@H](O[Si](C)(C)C(C)(C)C)[C@@H](C)C(=O)C(C)(C)[C@H](CC(=O)OC(C)(C)C)O[Si](C)(C)C(C)(C)C. The van der Waals surface area contributed by atoms with E-state index in [0.29, 0.717) is 0 Å². The van der Waals surface area contributed by atoms with Gasteiger partial charge in [0.1, 0.15) is 11.4 Å². The summed E-state index contributed by atoms with van der Waals surface area (Å²) in [7, 11) is -6.76. The number of ketones is 1. The predicted octanol–water partition coefficient (Wildman–Crippen LogP) is 14.9. The molecule has 0 aliphatic carbocycles. The van der Waals surface area contributed by atoms with Crippen LogP contribution in [0.5, 0.6) is 0 Å². The molecule has 0 bridgehead atoms. The lowest BCUT2D eigenvalue weighted by molar-refractivity contribution is -0.159. The van der Waals surface area contributed by atoms with Gasteiger partial charge in [0.25, 0.3) is 0 Å². The average Bonchev–Trinajstić information content (AvgIpc) is 3.45.